The highest BCUT2D eigenvalue weighted by atomic mass is 35.5. The number of pyridine rings is 1. The molecule has 0 aliphatic rings. The van der Waals surface area contributed by atoms with Gasteiger partial charge in [-0.25, -0.2) is 13.8 Å². The summed E-state index contributed by atoms with van der Waals surface area (Å²) in [5.74, 6) is -0.872. The molecule has 0 bridgehead atoms. The van der Waals surface area contributed by atoms with E-state index >= 15 is 4.39 Å². The van der Waals surface area contributed by atoms with Gasteiger partial charge < -0.3 is 4.57 Å². The van der Waals surface area contributed by atoms with Crippen molar-refractivity contribution in [2.75, 3.05) is 6.54 Å². The molecule has 3 rings (SSSR count). The van der Waals surface area contributed by atoms with E-state index in [4.69, 9.17) is 11.6 Å². The number of hydrogen-bond donors (Lipinski definition) is 1. The zero-order valence-corrected chi connectivity index (χ0v) is 19.8. The van der Waals surface area contributed by atoms with E-state index in [-0.39, 0.29) is 22.2 Å². The smallest absolute Gasteiger partial charge is 0.235 e. The van der Waals surface area contributed by atoms with Gasteiger partial charge in [-0.2, -0.15) is 0 Å². The minimum Gasteiger partial charge on any atom is -0.340 e. The first-order valence-electron chi connectivity index (χ1n) is 10.3. The Hall–Kier alpha value is -3.33. The Morgan fingerprint density at radius 2 is 1.97 bits per heavy atom. The van der Waals surface area contributed by atoms with Crippen molar-refractivity contribution in [3.63, 3.8) is 0 Å². The summed E-state index contributed by atoms with van der Waals surface area (Å²) < 4.78 is 31.6. The summed E-state index contributed by atoms with van der Waals surface area (Å²) in [6.07, 6.45) is 4.68. The molecule has 7 nitrogen and oxygen atoms in total. The Bertz CT molecular complexity index is 1210. The molecule has 0 spiro atoms. The lowest BCUT2D eigenvalue weighted by Crippen LogP contribution is -2.44. The normalized spacial score (nSPS) is 12.5. The standard InChI is InChI=1S/C23H25ClF2N6O/c1-6-32(30-15(4)33)14(3)29-13(2)23-20(26)7-16(10-27-23)18-8-17(24)9-19(25)22(18)21-11-31(5)12-28-21/h7-13H,6H2,1-5H3,(H,30,33). The number of nitrogens with one attached hydrogen (secondary N) is 1. The summed E-state index contributed by atoms with van der Waals surface area (Å²) in [5, 5.41) is 1.75. The molecule has 3 aromatic rings. The topological polar surface area (TPSA) is 75.4 Å². The number of rotatable bonds is 5. The second-order valence-electron chi connectivity index (χ2n) is 7.59. The molecule has 1 atom stereocenters. The molecule has 10 heteroatoms. The highest BCUT2D eigenvalue weighted by molar-refractivity contribution is 6.31. The van der Waals surface area contributed by atoms with E-state index in [2.05, 4.69) is 20.4 Å². The molecule has 2 aromatic heterocycles. The van der Waals surface area contributed by atoms with E-state index in [1.807, 2.05) is 6.92 Å². The highest BCUT2D eigenvalue weighted by Crippen LogP contribution is 2.36. The molecule has 2 heterocycles. The van der Waals surface area contributed by atoms with Gasteiger partial charge in [-0.15, -0.1) is 0 Å². The van der Waals surface area contributed by atoms with Crippen molar-refractivity contribution in [1.29, 1.82) is 0 Å². The van der Waals surface area contributed by atoms with Crippen molar-refractivity contribution in [2.24, 2.45) is 12.0 Å². The number of imidazole rings is 1. The summed E-state index contributed by atoms with van der Waals surface area (Å²) >= 11 is 6.09. The molecule has 174 valence electrons. The van der Waals surface area contributed by atoms with E-state index in [0.29, 0.717) is 29.2 Å². The van der Waals surface area contributed by atoms with Crippen LogP contribution in [0.3, 0.4) is 0 Å². The maximum atomic E-state index is 15.1. The van der Waals surface area contributed by atoms with Crippen LogP contribution in [-0.2, 0) is 11.8 Å². The number of nitrogens with zero attached hydrogens (tertiary/aromatic N) is 5. The van der Waals surface area contributed by atoms with E-state index in [1.54, 1.807) is 49.1 Å². The number of amidine groups is 1. The van der Waals surface area contributed by atoms with Crippen LogP contribution in [-0.4, -0.2) is 37.8 Å². The summed E-state index contributed by atoms with van der Waals surface area (Å²) in [7, 11) is 1.77. The van der Waals surface area contributed by atoms with Crippen LogP contribution in [0, 0.1) is 11.6 Å². The van der Waals surface area contributed by atoms with E-state index in [9.17, 15) is 9.18 Å². The van der Waals surface area contributed by atoms with Gasteiger partial charge in [0.05, 0.1) is 18.1 Å². The number of halogens is 3. The van der Waals surface area contributed by atoms with Crippen molar-refractivity contribution in [3.8, 4) is 22.4 Å². The summed E-state index contributed by atoms with van der Waals surface area (Å²) in [4.78, 5) is 24.3. The van der Waals surface area contributed by atoms with Gasteiger partial charge >= 0.3 is 0 Å². The average Bonchev–Trinajstić information content (AvgIpc) is 3.16. The van der Waals surface area contributed by atoms with Gasteiger partial charge in [0.2, 0.25) is 5.91 Å². The fourth-order valence-corrected chi connectivity index (χ4v) is 3.70. The van der Waals surface area contributed by atoms with Crippen molar-refractivity contribution in [2.45, 2.75) is 33.7 Å². The maximum absolute atomic E-state index is 15.1. The zero-order valence-electron chi connectivity index (χ0n) is 19.0. The Balaban J connectivity index is 1.99. The molecule has 0 aliphatic heterocycles. The number of carbonyl (C=O) groups is 1. The van der Waals surface area contributed by atoms with E-state index in [0.717, 1.165) is 0 Å². The van der Waals surface area contributed by atoms with Gasteiger partial charge in [0.1, 0.15) is 23.2 Å². The predicted molar refractivity (Wildman–Crippen MR) is 125 cm³/mol. The lowest BCUT2D eigenvalue weighted by atomic mass is 9.98. The molecular formula is C23H25ClF2N6O. The number of amides is 1. The van der Waals surface area contributed by atoms with Gasteiger partial charge in [-0.3, -0.25) is 25.2 Å². The summed E-state index contributed by atoms with van der Waals surface area (Å²) in [6.45, 7) is 7.17. The first-order valence-corrected chi connectivity index (χ1v) is 10.7. The largest absolute Gasteiger partial charge is 0.340 e. The number of benzene rings is 1. The third-order valence-corrected chi connectivity index (χ3v) is 5.19. The minimum atomic E-state index is -0.617. The van der Waals surface area contributed by atoms with Crippen LogP contribution in [0.5, 0.6) is 0 Å². The predicted octanol–water partition coefficient (Wildman–Crippen LogP) is 4.93. The van der Waals surface area contributed by atoms with Crippen molar-refractivity contribution in [3.05, 3.63) is 59.3 Å². The Labute approximate surface area is 196 Å². The first-order chi connectivity index (χ1) is 15.6. The van der Waals surface area contributed by atoms with Crippen molar-refractivity contribution < 1.29 is 13.6 Å². The zero-order chi connectivity index (χ0) is 24.3. The number of aromatic nitrogens is 3. The van der Waals surface area contributed by atoms with Crippen LogP contribution >= 0.6 is 11.6 Å². The minimum absolute atomic E-state index is 0.124. The highest BCUT2D eigenvalue weighted by Gasteiger charge is 2.20. The number of carbonyl (C=O) groups excluding carboxylic acids is 1. The Morgan fingerprint density at radius 3 is 2.55 bits per heavy atom. The van der Waals surface area contributed by atoms with Crippen LogP contribution in [0.1, 0.15) is 39.4 Å². The second-order valence-corrected chi connectivity index (χ2v) is 8.03. The van der Waals surface area contributed by atoms with E-state index in [1.165, 1.54) is 25.3 Å². The molecule has 0 saturated heterocycles. The lowest BCUT2D eigenvalue weighted by Gasteiger charge is -2.23. The number of aliphatic imine (C=N–C) groups is 1. The van der Waals surface area contributed by atoms with Crippen LogP contribution in [0.25, 0.3) is 22.4 Å². The Kier molecular flexibility index (Phi) is 7.43. The maximum Gasteiger partial charge on any atom is 0.235 e. The van der Waals surface area contributed by atoms with Gasteiger partial charge in [-0.1, -0.05) is 11.6 Å². The van der Waals surface area contributed by atoms with Gasteiger partial charge in [0, 0.05) is 49.1 Å². The van der Waals surface area contributed by atoms with Gasteiger partial charge in [-0.05, 0) is 44.5 Å². The number of hydrogen-bond acceptors (Lipinski definition) is 4. The number of aryl methyl sites for hydroxylation is 1. The fourth-order valence-electron chi connectivity index (χ4n) is 3.50. The quantitative estimate of drug-likeness (QED) is 0.323. The van der Waals surface area contributed by atoms with Crippen LogP contribution in [0.15, 0.2) is 41.9 Å². The van der Waals surface area contributed by atoms with Crippen LogP contribution in [0.2, 0.25) is 5.02 Å². The SMILES string of the molecule is CCN(NC(C)=O)C(C)=NC(C)c1ncc(-c2cc(Cl)cc(F)c2-c2cn(C)cn2)cc1F. The van der Waals surface area contributed by atoms with Crippen LogP contribution in [0.4, 0.5) is 8.78 Å². The third kappa shape index (κ3) is 5.54. The molecule has 0 fully saturated rings. The summed E-state index contributed by atoms with van der Waals surface area (Å²) in [5.41, 5.74) is 4.14. The van der Waals surface area contributed by atoms with Crippen molar-refractivity contribution >= 4 is 23.3 Å². The first kappa shape index (κ1) is 24.3. The number of hydrazine groups is 1. The molecule has 0 aliphatic carbocycles. The summed E-state index contributed by atoms with van der Waals surface area (Å²) in [6, 6.07) is 3.42. The third-order valence-electron chi connectivity index (χ3n) is 4.97. The monoisotopic (exact) mass is 474 g/mol. The molecule has 0 saturated carbocycles. The molecule has 33 heavy (non-hydrogen) atoms. The van der Waals surface area contributed by atoms with Crippen molar-refractivity contribution in [1.82, 2.24) is 25.0 Å². The van der Waals surface area contributed by atoms with Gasteiger partial charge in [0.25, 0.3) is 0 Å². The second kappa shape index (κ2) is 10.1. The average molecular weight is 475 g/mol. The lowest BCUT2D eigenvalue weighted by molar-refractivity contribution is -0.122. The molecule has 1 aromatic carbocycles. The fraction of sp³-hybridized carbons (Fsp3) is 0.304. The van der Waals surface area contributed by atoms with E-state index < -0.39 is 17.7 Å². The Morgan fingerprint density at radius 1 is 1.24 bits per heavy atom. The molecule has 1 N–H and O–H groups in total. The molecule has 1 unspecified atom stereocenters. The molecule has 0 radical (unpaired) electrons. The van der Waals surface area contributed by atoms with Gasteiger partial charge in [0.15, 0.2) is 0 Å². The van der Waals surface area contributed by atoms with Crippen LogP contribution < -0.4 is 5.43 Å². The molecule has 1 amide bonds. The molecular weight excluding hydrogens is 450 g/mol.